The van der Waals surface area contributed by atoms with Crippen LogP contribution in [0.5, 0.6) is 11.5 Å². The van der Waals surface area contributed by atoms with Gasteiger partial charge in [-0.25, -0.2) is 0 Å². The van der Waals surface area contributed by atoms with E-state index < -0.39 is 6.10 Å². The average molecular weight is 300 g/mol. The number of fused-ring (bicyclic) bond motifs is 1. The van der Waals surface area contributed by atoms with E-state index in [1.54, 1.807) is 13.2 Å². The SMILES string of the molecule is COCC(CCCl)NC(=O)C1COc2ccccc2O1. The van der Waals surface area contributed by atoms with Crippen molar-refractivity contribution in [2.75, 3.05) is 26.2 Å². The highest BCUT2D eigenvalue weighted by atomic mass is 35.5. The number of carbonyl (C=O) groups is 1. The molecule has 1 aromatic carbocycles. The number of halogens is 1. The van der Waals surface area contributed by atoms with E-state index in [-0.39, 0.29) is 18.6 Å². The third-order valence-corrected chi connectivity index (χ3v) is 3.19. The normalized spacial score (nSPS) is 18.4. The van der Waals surface area contributed by atoms with Crippen LogP contribution in [0.25, 0.3) is 0 Å². The average Bonchev–Trinajstić information content (AvgIpc) is 2.47. The molecular weight excluding hydrogens is 282 g/mol. The maximum atomic E-state index is 12.2. The van der Waals surface area contributed by atoms with Gasteiger partial charge in [-0.2, -0.15) is 0 Å². The first-order valence-electron chi connectivity index (χ1n) is 6.48. The predicted octanol–water partition coefficient (Wildman–Crippen LogP) is 1.59. The van der Waals surface area contributed by atoms with Crippen LogP contribution in [0.1, 0.15) is 6.42 Å². The van der Waals surface area contributed by atoms with Crippen LogP contribution < -0.4 is 14.8 Å². The van der Waals surface area contributed by atoms with Gasteiger partial charge in [-0.15, -0.1) is 11.6 Å². The summed E-state index contributed by atoms with van der Waals surface area (Å²) >= 11 is 5.71. The Morgan fingerprint density at radius 3 is 2.95 bits per heavy atom. The van der Waals surface area contributed by atoms with Crippen molar-refractivity contribution < 1.29 is 19.0 Å². The summed E-state index contributed by atoms with van der Waals surface area (Å²) in [5.74, 6) is 1.48. The van der Waals surface area contributed by atoms with Crippen molar-refractivity contribution in [1.82, 2.24) is 5.32 Å². The number of hydrogen-bond donors (Lipinski definition) is 1. The van der Waals surface area contributed by atoms with E-state index in [0.29, 0.717) is 30.4 Å². The van der Waals surface area contributed by atoms with Crippen molar-refractivity contribution in [2.45, 2.75) is 18.6 Å². The Bertz CT molecular complexity index is 449. The lowest BCUT2D eigenvalue weighted by Crippen LogP contribution is -2.49. The highest BCUT2D eigenvalue weighted by molar-refractivity contribution is 6.17. The molecule has 110 valence electrons. The molecule has 1 aromatic rings. The first-order chi connectivity index (χ1) is 9.74. The van der Waals surface area contributed by atoms with Crippen molar-refractivity contribution in [1.29, 1.82) is 0 Å². The number of para-hydroxylation sites is 2. The molecule has 0 fully saturated rings. The number of ether oxygens (including phenoxy) is 3. The molecule has 1 N–H and O–H groups in total. The van der Waals surface area contributed by atoms with Crippen molar-refractivity contribution in [2.24, 2.45) is 0 Å². The van der Waals surface area contributed by atoms with Crippen LogP contribution >= 0.6 is 11.6 Å². The number of hydrogen-bond acceptors (Lipinski definition) is 4. The van der Waals surface area contributed by atoms with Gasteiger partial charge in [0.15, 0.2) is 11.5 Å². The van der Waals surface area contributed by atoms with E-state index >= 15 is 0 Å². The molecule has 1 amide bonds. The van der Waals surface area contributed by atoms with Crippen LogP contribution in [0.4, 0.5) is 0 Å². The Balaban J connectivity index is 1.93. The minimum absolute atomic E-state index is 0.120. The maximum absolute atomic E-state index is 12.2. The Morgan fingerprint density at radius 1 is 1.50 bits per heavy atom. The van der Waals surface area contributed by atoms with Gasteiger partial charge in [0.05, 0.1) is 12.6 Å². The molecule has 0 saturated heterocycles. The molecule has 6 heteroatoms. The summed E-state index contributed by atoms with van der Waals surface area (Å²) in [5.41, 5.74) is 0. The molecule has 5 nitrogen and oxygen atoms in total. The number of amides is 1. The van der Waals surface area contributed by atoms with Crippen LogP contribution in [0.3, 0.4) is 0 Å². The molecular formula is C14H18ClNO4. The third kappa shape index (κ3) is 3.77. The zero-order chi connectivity index (χ0) is 14.4. The molecule has 1 aliphatic heterocycles. The minimum Gasteiger partial charge on any atom is -0.485 e. The lowest BCUT2D eigenvalue weighted by atomic mass is 10.2. The summed E-state index contributed by atoms with van der Waals surface area (Å²) in [6.45, 7) is 0.617. The van der Waals surface area contributed by atoms with E-state index in [1.807, 2.05) is 18.2 Å². The van der Waals surface area contributed by atoms with Crippen molar-refractivity contribution in [3.63, 3.8) is 0 Å². The monoisotopic (exact) mass is 299 g/mol. The van der Waals surface area contributed by atoms with Gasteiger partial charge >= 0.3 is 0 Å². The fourth-order valence-corrected chi connectivity index (χ4v) is 2.24. The number of alkyl halides is 1. The summed E-state index contributed by atoms with van der Waals surface area (Å²) in [6.07, 6.45) is -0.00902. The van der Waals surface area contributed by atoms with Crippen molar-refractivity contribution in [3.8, 4) is 11.5 Å². The molecule has 0 bridgehead atoms. The first-order valence-corrected chi connectivity index (χ1v) is 7.01. The second-order valence-electron chi connectivity index (χ2n) is 4.50. The van der Waals surface area contributed by atoms with Gasteiger partial charge in [0.2, 0.25) is 6.10 Å². The van der Waals surface area contributed by atoms with Crippen LogP contribution in [0.15, 0.2) is 24.3 Å². The second-order valence-corrected chi connectivity index (χ2v) is 4.88. The smallest absolute Gasteiger partial charge is 0.264 e. The highest BCUT2D eigenvalue weighted by Gasteiger charge is 2.28. The fourth-order valence-electron chi connectivity index (χ4n) is 1.97. The van der Waals surface area contributed by atoms with Crippen LogP contribution in [-0.2, 0) is 9.53 Å². The standard InChI is InChI=1S/C14H18ClNO4/c1-18-8-10(6-7-15)16-14(17)13-9-19-11-4-2-3-5-12(11)20-13/h2-5,10,13H,6-9H2,1H3,(H,16,17). The molecule has 0 aliphatic carbocycles. The number of methoxy groups -OCH3 is 1. The number of benzene rings is 1. The summed E-state index contributed by atoms with van der Waals surface area (Å²) in [5, 5.41) is 2.87. The molecule has 1 heterocycles. The highest BCUT2D eigenvalue weighted by Crippen LogP contribution is 2.30. The van der Waals surface area contributed by atoms with Gasteiger partial charge in [0.25, 0.3) is 5.91 Å². The van der Waals surface area contributed by atoms with Gasteiger partial charge in [-0.05, 0) is 18.6 Å². The zero-order valence-electron chi connectivity index (χ0n) is 11.3. The third-order valence-electron chi connectivity index (χ3n) is 2.97. The minimum atomic E-state index is -0.653. The summed E-state index contributed by atoms with van der Waals surface area (Å²) in [4.78, 5) is 12.2. The van der Waals surface area contributed by atoms with Gasteiger partial charge in [-0.3, -0.25) is 4.79 Å². The van der Waals surface area contributed by atoms with E-state index in [4.69, 9.17) is 25.8 Å². The molecule has 2 unspecified atom stereocenters. The Kier molecular flexibility index (Phi) is 5.49. The fraction of sp³-hybridized carbons (Fsp3) is 0.500. The van der Waals surface area contributed by atoms with Crippen molar-refractivity contribution >= 4 is 17.5 Å². The van der Waals surface area contributed by atoms with E-state index in [2.05, 4.69) is 5.32 Å². The first kappa shape index (κ1) is 14.9. The molecule has 0 radical (unpaired) electrons. The van der Waals surface area contributed by atoms with E-state index in [0.717, 1.165) is 0 Å². The predicted molar refractivity (Wildman–Crippen MR) is 75.5 cm³/mol. The van der Waals surface area contributed by atoms with Gasteiger partial charge in [-0.1, -0.05) is 12.1 Å². The number of nitrogens with one attached hydrogen (secondary N) is 1. The number of rotatable bonds is 6. The zero-order valence-corrected chi connectivity index (χ0v) is 12.1. The second kappa shape index (κ2) is 7.36. The lowest BCUT2D eigenvalue weighted by Gasteiger charge is -2.27. The Morgan fingerprint density at radius 2 is 2.25 bits per heavy atom. The summed E-state index contributed by atoms with van der Waals surface area (Å²) in [6, 6.07) is 7.16. The van der Waals surface area contributed by atoms with Gasteiger partial charge in [0.1, 0.15) is 6.61 Å². The van der Waals surface area contributed by atoms with Crippen LogP contribution in [0, 0.1) is 0 Å². The van der Waals surface area contributed by atoms with Gasteiger partial charge < -0.3 is 19.5 Å². The number of carbonyl (C=O) groups excluding carboxylic acids is 1. The molecule has 0 saturated carbocycles. The molecule has 0 spiro atoms. The molecule has 20 heavy (non-hydrogen) atoms. The Labute approximate surface area is 123 Å². The van der Waals surface area contributed by atoms with Gasteiger partial charge in [0, 0.05) is 13.0 Å². The van der Waals surface area contributed by atoms with E-state index in [1.165, 1.54) is 0 Å². The topological polar surface area (TPSA) is 56.8 Å². The molecule has 0 aromatic heterocycles. The van der Waals surface area contributed by atoms with Crippen LogP contribution in [0.2, 0.25) is 0 Å². The molecule has 1 aliphatic rings. The Hall–Kier alpha value is -1.46. The quantitative estimate of drug-likeness (QED) is 0.811. The molecule has 2 atom stereocenters. The van der Waals surface area contributed by atoms with E-state index in [9.17, 15) is 4.79 Å². The lowest BCUT2D eigenvalue weighted by molar-refractivity contribution is -0.131. The summed E-state index contributed by atoms with van der Waals surface area (Å²) < 4.78 is 16.2. The summed E-state index contributed by atoms with van der Waals surface area (Å²) in [7, 11) is 1.59. The largest absolute Gasteiger partial charge is 0.485 e. The maximum Gasteiger partial charge on any atom is 0.264 e. The van der Waals surface area contributed by atoms with Crippen molar-refractivity contribution in [3.05, 3.63) is 24.3 Å². The molecule has 2 rings (SSSR count). The van der Waals surface area contributed by atoms with Crippen LogP contribution in [-0.4, -0.2) is 44.3 Å².